The molecule has 1 aliphatic rings. The van der Waals surface area contributed by atoms with Crippen molar-refractivity contribution in [3.8, 4) is 5.75 Å². The van der Waals surface area contributed by atoms with Crippen molar-refractivity contribution in [3.63, 3.8) is 0 Å². The molecule has 1 N–H and O–H groups in total. The third-order valence-corrected chi connectivity index (χ3v) is 3.88. The molecule has 0 saturated heterocycles. The number of aromatic hydroxyl groups is 1. The Bertz CT molecular complexity index is 408. The average Bonchev–Trinajstić information content (AvgIpc) is 2.89. The normalized spacial score (nSPS) is 17.6. The van der Waals surface area contributed by atoms with Crippen LogP contribution in [-0.4, -0.2) is 18.2 Å². The van der Waals surface area contributed by atoms with Gasteiger partial charge in [-0.1, -0.05) is 25.0 Å². The van der Waals surface area contributed by atoms with Crippen molar-refractivity contribution in [3.05, 3.63) is 29.8 Å². The van der Waals surface area contributed by atoms with Crippen molar-refractivity contribution < 1.29 is 14.6 Å². The van der Waals surface area contributed by atoms with Crippen molar-refractivity contribution in [1.29, 1.82) is 0 Å². The molecule has 0 amide bonds. The first-order chi connectivity index (χ1) is 8.70. The van der Waals surface area contributed by atoms with Crippen LogP contribution in [0.25, 0.3) is 0 Å². The Morgan fingerprint density at radius 1 is 1.44 bits per heavy atom. The van der Waals surface area contributed by atoms with Crippen molar-refractivity contribution in [2.75, 3.05) is 7.11 Å². The fourth-order valence-electron chi connectivity index (χ4n) is 2.93. The third-order valence-electron chi connectivity index (χ3n) is 3.88. The molecule has 0 aliphatic heterocycles. The van der Waals surface area contributed by atoms with Crippen molar-refractivity contribution in [2.45, 2.75) is 38.0 Å². The van der Waals surface area contributed by atoms with E-state index in [4.69, 9.17) is 4.74 Å². The van der Waals surface area contributed by atoms with E-state index >= 15 is 0 Å². The van der Waals surface area contributed by atoms with Gasteiger partial charge in [0.25, 0.3) is 0 Å². The summed E-state index contributed by atoms with van der Waals surface area (Å²) in [6.07, 6.45) is 5.21. The highest BCUT2D eigenvalue weighted by atomic mass is 16.5. The number of hydrogen-bond acceptors (Lipinski definition) is 3. The number of carbonyl (C=O) groups excluding carboxylic acids is 1. The molecule has 2 rings (SSSR count). The molecule has 0 spiro atoms. The van der Waals surface area contributed by atoms with Crippen LogP contribution in [0.3, 0.4) is 0 Å². The van der Waals surface area contributed by atoms with E-state index in [0.717, 1.165) is 18.4 Å². The SMILES string of the molecule is COC(=O)C[C@H](c1cccc(O)c1)C1CCCC1. The number of rotatable bonds is 4. The van der Waals surface area contributed by atoms with Gasteiger partial charge in [0, 0.05) is 0 Å². The van der Waals surface area contributed by atoms with Crippen molar-refractivity contribution in [1.82, 2.24) is 0 Å². The molecule has 0 unspecified atom stereocenters. The summed E-state index contributed by atoms with van der Waals surface area (Å²) in [6.45, 7) is 0. The maximum atomic E-state index is 11.6. The number of phenolic OH excluding ortho intramolecular Hbond substituents is 1. The molecule has 1 aromatic rings. The maximum absolute atomic E-state index is 11.6. The van der Waals surface area contributed by atoms with Crippen molar-refractivity contribution in [2.24, 2.45) is 5.92 Å². The Kier molecular flexibility index (Phi) is 4.24. The Morgan fingerprint density at radius 2 is 2.17 bits per heavy atom. The molecule has 18 heavy (non-hydrogen) atoms. The standard InChI is InChI=1S/C15H20O3/c1-18-15(17)10-14(11-5-2-3-6-11)12-7-4-8-13(16)9-12/h4,7-9,11,14,16H,2-3,5-6,10H2,1H3/t14-/m0/s1. The van der Waals surface area contributed by atoms with Gasteiger partial charge in [0.1, 0.15) is 5.75 Å². The van der Waals surface area contributed by atoms with Crippen LogP contribution in [0, 0.1) is 5.92 Å². The highest BCUT2D eigenvalue weighted by Gasteiger charge is 2.28. The minimum absolute atomic E-state index is 0.171. The van der Waals surface area contributed by atoms with Crippen LogP contribution < -0.4 is 0 Å². The van der Waals surface area contributed by atoms with E-state index < -0.39 is 0 Å². The number of hydrogen-bond donors (Lipinski definition) is 1. The van der Waals surface area contributed by atoms with E-state index in [1.165, 1.54) is 20.0 Å². The molecule has 0 bridgehead atoms. The van der Waals surface area contributed by atoms with Gasteiger partial charge in [0.15, 0.2) is 0 Å². The van der Waals surface area contributed by atoms with Gasteiger partial charge in [-0.05, 0) is 42.4 Å². The monoisotopic (exact) mass is 248 g/mol. The molecule has 3 nitrogen and oxygen atoms in total. The summed E-state index contributed by atoms with van der Waals surface area (Å²) in [6, 6.07) is 7.26. The molecule has 0 radical (unpaired) electrons. The van der Waals surface area contributed by atoms with Gasteiger partial charge in [-0.25, -0.2) is 0 Å². The predicted octanol–water partition coefficient (Wildman–Crippen LogP) is 3.23. The first kappa shape index (κ1) is 12.9. The van der Waals surface area contributed by atoms with Crippen LogP contribution in [0.2, 0.25) is 0 Å². The molecular formula is C15H20O3. The lowest BCUT2D eigenvalue weighted by atomic mass is 9.82. The largest absolute Gasteiger partial charge is 0.508 e. The first-order valence-corrected chi connectivity index (χ1v) is 6.56. The van der Waals surface area contributed by atoms with Crippen LogP contribution in [-0.2, 0) is 9.53 Å². The summed E-state index contributed by atoms with van der Waals surface area (Å²) in [5, 5.41) is 9.58. The van der Waals surface area contributed by atoms with Crippen molar-refractivity contribution >= 4 is 5.97 Å². The fourth-order valence-corrected chi connectivity index (χ4v) is 2.93. The van der Waals surface area contributed by atoms with Gasteiger partial charge < -0.3 is 9.84 Å². The zero-order valence-electron chi connectivity index (χ0n) is 10.8. The van der Waals surface area contributed by atoms with Crippen LogP contribution in [0.4, 0.5) is 0 Å². The molecular weight excluding hydrogens is 228 g/mol. The summed E-state index contributed by atoms with van der Waals surface area (Å²) in [7, 11) is 1.43. The van der Waals surface area contributed by atoms with Gasteiger partial charge in [-0.2, -0.15) is 0 Å². The second-order valence-corrected chi connectivity index (χ2v) is 5.03. The number of esters is 1. The maximum Gasteiger partial charge on any atom is 0.306 e. The second kappa shape index (κ2) is 5.89. The highest BCUT2D eigenvalue weighted by Crippen LogP contribution is 2.40. The Labute approximate surface area is 108 Å². The molecule has 98 valence electrons. The number of methoxy groups -OCH3 is 1. The summed E-state index contributed by atoms with van der Waals surface area (Å²) in [4.78, 5) is 11.6. The number of ether oxygens (including phenoxy) is 1. The Hall–Kier alpha value is -1.51. The van der Waals surface area contributed by atoms with Gasteiger partial charge in [0.2, 0.25) is 0 Å². The molecule has 1 saturated carbocycles. The quantitative estimate of drug-likeness (QED) is 0.832. The van der Waals surface area contributed by atoms with E-state index in [1.54, 1.807) is 12.1 Å². The van der Waals surface area contributed by atoms with E-state index in [0.29, 0.717) is 12.3 Å². The highest BCUT2D eigenvalue weighted by molar-refractivity contribution is 5.70. The van der Waals surface area contributed by atoms with E-state index in [9.17, 15) is 9.90 Å². The Balaban J connectivity index is 2.20. The van der Waals surface area contributed by atoms with Gasteiger partial charge >= 0.3 is 5.97 Å². The van der Waals surface area contributed by atoms with Crippen LogP contribution >= 0.6 is 0 Å². The first-order valence-electron chi connectivity index (χ1n) is 6.56. The minimum atomic E-state index is -0.171. The average molecular weight is 248 g/mol. The molecule has 3 heteroatoms. The summed E-state index contributed by atoms with van der Waals surface area (Å²) >= 11 is 0. The molecule has 1 atom stereocenters. The second-order valence-electron chi connectivity index (χ2n) is 5.03. The smallest absolute Gasteiger partial charge is 0.306 e. The van der Waals surface area contributed by atoms with Gasteiger partial charge in [0.05, 0.1) is 13.5 Å². The molecule has 1 aromatic carbocycles. The summed E-state index contributed by atoms with van der Waals surface area (Å²) < 4.78 is 4.79. The van der Waals surface area contributed by atoms with E-state index in [-0.39, 0.29) is 17.6 Å². The predicted molar refractivity (Wildman–Crippen MR) is 69.4 cm³/mol. The van der Waals surface area contributed by atoms with Crippen LogP contribution in [0.15, 0.2) is 24.3 Å². The van der Waals surface area contributed by atoms with E-state index in [2.05, 4.69) is 0 Å². The molecule has 1 aliphatic carbocycles. The van der Waals surface area contributed by atoms with E-state index in [1.807, 2.05) is 12.1 Å². The van der Waals surface area contributed by atoms with Crippen LogP contribution in [0.5, 0.6) is 5.75 Å². The third kappa shape index (κ3) is 3.03. The number of carbonyl (C=O) groups is 1. The molecule has 0 aromatic heterocycles. The summed E-state index contributed by atoms with van der Waals surface area (Å²) in [5.41, 5.74) is 1.05. The van der Waals surface area contributed by atoms with Gasteiger partial charge in [-0.3, -0.25) is 4.79 Å². The van der Waals surface area contributed by atoms with Gasteiger partial charge in [-0.15, -0.1) is 0 Å². The van der Waals surface area contributed by atoms with Crippen LogP contribution in [0.1, 0.15) is 43.6 Å². The minimum Gasteiger partial charge on any atom is -0.508 e. The lowest BCUT2D eigenvalue weighted by Gasteiger charge is -2.23. The topological polar surface area (TPSA) is 46.5 Å². The fraction of sp³-hybridized carbons (Fsp3) is 0.533. The Morgan fingerprint density at radius 3 is 2.78 bits per heavy atom. The number of phenols is 1. The lowest BCUT2D eigenvalue weighted by molar-refractivity contribution is -0.141. The zero-order chi connectivity index (χ0) is 13.0. The summed E-state index contributed by atoms with van der Waals surface area (Å²) in [5.74, 6) is 0.800. The lowest BCUT2D eigenvalue weighted by Crippen LogP contribution is -2.15. The number of benzene rings is 1. The zero-order valence-corrected chi connectivity index (χ0v) is 10.8. The molecule has 0 heterocycles. The molecule has 1 fully saturated rings.